The Kier molecular flexibility index (Phi) is 7.52. The summed E-state index contributed by atoms with van der Waals surface area (Å²) in [6.07, 6.45) is 4.54. The number of aryl methyl sites for hydroxylation is 1. The zero-order valence-electron chi connectivity index (χ0n) is 19.9. The first-order valence-corrected chi connectivity index (χ1v) is 13.3. The van der Waals surface area contributed by atoms with Crippen LogP contribution in [-0.2, 0) is 19.6 Å². The number of nitrogens with one attached hydrogen (secondary N) is 2. The highest BCUT2D eigenvalue weighted by atomic mass is 32.2. The van der Waals surface area contributed by atoms with Gasteiger partial charge in [0, 0.05) is 22.0 Å². The summed E-state index contributed by atoms with van der Waals surface area (Å²) in [5.74, 6) is -0.957. The second-order valence-electron chi connectivity index (χ2n) is 8.95. The first-order chi connectivity index (χ1) is 16.8. The number of carbonyl (C=O) groups excluding carboxylic acids is 2. The lowest BCUT2D eigenvalue weighted by Crippen LogP contribution is -2.47. The van der Waals surface area contributed by atoms with E-state index in [0.717, 1.165) is 37.7 Å². The fourth-order valence-electron chi connectivity index (χ4n) is 4.79. The highest BCUT2D eigenvalue weighted by Crippen LogP contribution is 2.32. The van der Waals surface area contributed by atoms with E-state index in [9.17, 15) is 18.0 Å². The van der Waals surface area contributed by atoms with Crippen LogP contribution >= 0.6 is 0 Å². The quantitative estimate of drug-likeness (QED) is 0.460. The van der Waals surface area contributed by atoms with E-state index in [1.54, 1.807) is 42.5 Å². The number of fused-ring (bicyclic) bond motifs is 1. The van der Waals surface area contributed by atoms with Gasteiger partial charge in [0.1, 0.15) is 6.04 Å². The van der Waals surface area contributed by atoms with E-state index in [1.807, 2.05) is 19.1 Å². The fraction of sp³-hybridized carbons (Fsp3) is 0.333. The largest absolute Gasteiger partial charge is 0.468 e. The molecule has 8 heteroatoms. The Bertz CT molecular complexity index is 1350. The predicted molar refractivity (Wildman–Crippen MR) is 136 cm³/mol. The molecule has 1 amide bonds. The van der Waals surface area contributed by atoms with Crippen LogP contribution in [0.3, 0.4) is 0 Å². The van der Waals surface area contributed by atoms with Gasteiger partial charge in [-0.15, -0.1) is 0 Å². The third-order valence-corrected chi connectivity index (χ3v) is 8.17. The van der Waals surface area contributed by atoms with Crippen LogP contribution < -0.4 is 10.0 Å². The van der Waals surface area contributed by atoms with Crippen LogP contribution in [0.2, 0.25) is 0 Å². The Morgan fingerprint density at radius 2 is 1.57 bits per heavy atom. The van der Waals surface area contributed by atoms with E-state index in [0.29, 0.717) is 22.0 Å². The number of ether oxygens (including phenoxy) is 1. The van der Waals surface area contributed by atoms with E-state index >= 15 is 0 Å². The minimum atomic E-state index is -4.06. The summed E-state index contributed by atoms with van der Waals surface area (Å²) in [6.45, 7) is 1.86. The van der Waals surface area contributed by atoms with Crippen molar-refractivity contribution in [2.45, 2.75) is 50.0 Å². The minimum Gasteiger partial charge on any atom is -0.468 e. The molecule has 0 heterocycles. The van der Waals surface area contributed by atoms with Crippen molar-refractivity contribution >= 4 is 38.4 Å². The Morgan fingerprint density at radius 3 is 2.26 bits per heavy atom. The molecule has 1 aliphatic rings. The molecule has 1 fully saturated rings. The zero-order chi connectivity index (χ0) is 25.0. The lowest BCUT2D eigenvalue weighted by atomic mass is 9.84. The normalized spacial score (nSPS) is 15.5. The van der Waals surface area contributed by atoms with Crippen molar-refractivity contribution in [3.05, 3.63) is 71.8 Å². The highest BCUT2D eigenvalue weighted by Gasteiger charge is 2.35. The van der Waals surface area contributed by atoms with Gasteiger partial charge in [-0.1, -0.05) is 61.7 Å². The molecule has 1 saturated carbocycles. The summed E-state index contributed by atoms with van der Waals surface area (Å²) in [5.41, 5.74) is 1.89. The van der Waals surface area contributed by atoms with Crippen molar-refractivity contribution in [3.63, 3.8) is 0 Å². The number of sulfonamides is 1. The molecular weight excluding hydrogens is 464 g/mol. The maximum Gasteiger partial charge on any atom is 0.324 e. The van der Waals surface area contributed by atoms with Crippen LogP contribution in [0.25, 0.3) is 10.8 Å². The van der Waals surface area contributed by atoms with Crippen LogP contribution in [-0.4, -0.2) is 33.4 Å². The molecule has 1 unspecified atom stereocenters. The van der Waals surface area contributed by atoms with Gasteiger partial charge in [0.05, 0.1) is 12.0 Å². The van der Waals surface area contributed by atoms with Gasteiger partial charge < -0.3 is 10.1 Å². The maximum atomic E-state index is 13.5. The number of methoxy groups -OCH3 is 1. The number of anilines is 1. The van der Waals surface area contributed by atoms with Gasteiger partial charge in [-0.25, -0.2) is 8.42 Å². The standard InChI is InChI=1S/C27H30N2O5S/c1-18-10-6-7-13-20(18)26(30)28-23-16-17-24(22-15-9-8-14-21(22)23)35(32,33)29-25(27(31)34-2)19-11-4-3-5-12-19/h6-10,13-17,19,25,29H,3-5,11-12H2,1-2H3,(H,28,30). The van der Waals surface area contributed by atoms with Crippen molar-refractivity contribution in [1.82, 2.24) is 4.72 Å². The molecule has 3 aromatic rings. The first kappa shape index (κ1) is 24.9. The molecule has 2 N–H and O–H groups in total. The van der Waals surface area contributed by atoms with Crippen LogP contribution in [0.15, 0.2) is 65.6 Å². The molecular formula is C27H30N2O5S. The van der Waals surface area contributed by atoms with Crippen molar-refractivity contribution < 1.29 is 22.7 Å². The summed E-state index contributed by atoms with van der Waals surface area (Å²) in [6, 6.07) is 16.4. The Balaban J connectivity index is 1.68. The summed E-state index contributed by atoms with van der Waals surface area (Å²) in [4.78, 5) is 25.5. The summed E-state index contributed by atoms with van der Waals surface area (Å²) in [7, 11) is -2.79. The fourth-order valence-corrected chi connectivity index (χ4v) is 6.26. The van der Waals surface area contributed by atoms with E-state index in [2.05, 4.69) is 10.0 Å². The molecule has 0 bridgehead atoms. The molecule has 0 spiro atoms. The molecule has 7 nitrogen and oxygen atoms in total. The third-order valence-electron chi connectivity index (χ3n) is 6.67. The van der Waals surface area contributed by atoms with Gasteiger partial charge in [-0.05, 0) is 49.4 Å². The zero-order valence-corrected chi connectivity index (χ0v) is 20.7. The average molecular weight is 495 g/mol. The van der Waals surface area contributed by atoms with Crippen LogP contribution in [0.5, 0.6) is 0 Å². The van der Waals surface area contributed by atoms with Gasteiger partial charge >= 0.3 is 5.97 Å². The number of carbonyl (C=O) groups is 2. The van der Waals surface area contributed by atoms with Crippen molar-refractivity contribution in [2.24, 2.45) is 5.92 Å². The molecule has 4 rings (SSSR count). The van der Waals surface area contributed by atoms with Gasteiger partial charge in [0.15, 0.2) is 0 Å². The Morgan fingerprint density at radius 1 is 0.914 bits per heavy atom. The molecule has 0 radical (unpaired) electrons. The summed E-state index contributed by atoms with van der Waals surface area (Å²) < 4.78 is 34.6. The monoisotopic (exact) mass is 494 g/mol. The predicted octanol–water partition coefficient (Wildman–Crippen LogP) is 4.80. The number of amides is 1. The van der Waals surface area contributed by atoms with Crippen LogP contribution in [0.1, 0.15) is 48.0 Å². The highest BCUT2D eigenvalue weighted by molar-refractivity contribution is 7.89. The molecule has 1 aliphatic carbocycles. The Hall–Kier alpha value is -3.23. The average Bonchev–Trinajstić information content (AvgIpc) is 2.87. The van der Waals surface area contributed by atoms with Crippen molar-refractivity contribution in [3.8, 4) is 0 Å². The molecule has 184 valence electrons. The summed E-state index contributed by atoms with van der Waals surface area (Å²) in [5, 5.41) is 3.95. The van der Waals surface area contributed by atoms with E-state index in [-0.39, 0.29) is 16.7 Å². The van der Waals surface area contributed by atoms with E-state index < -0.39 is 22.0 Å². The minimum absolute atomic E-state index is 0.0479. The summed E-state index contributed by atoms with van der Waals surface area (Å²) >= 11 is 0. The lowest BCUT2D eigenvalue weighted by Gasteiger charge is -2.29. The number of benzene rings is 3. The van der Waals surface area contributed by atoms with Crippen LogP contribution in [0.4, 0.5) is 5.69 Å². The number of rotatable bonds is 7. The molecule has 0 aliphatic heterocycles. The molecule has 35 heavy (non-hydrogen) atoms. The van der Waals surface area contributed by atoms with Crippen molar-refractivity contribution in [1.29, 1.82) is 0 Å². The molecule has 0 saturated heterocycles. The van der Waals surface area contributed by atoms with E-state index in [1.165, 1.54) is 13.2 Å². The number of hydrogen-bond donors (Lipinski definition) is 2. The second kappa shape index (κ2) is 10.6. The van der Waals surface area contributed by atoms with Gasteiger partial charge in [-0.3, -0.25) is 9.59 Å². The SMILES string of the molecule is COC(=O)C(NS(=O)(=O)c1ccc(NC(=O)c2ccccc2C)c2ccccc12)C1CCCCC1. The topological polar surface area (TPSA) is 102 Å². The third kappa shape index (κ3) is 5.39. The Labute approximate surface area is 205 Å². The molecule has 1 atom stereocenters. The number of hydrogen-bond acceptors (Lipinski definition) is 5. The molecule has 0 aromatic heterocycles. The van der Waals surface area contributed by atoms with Gasteiger partial charge in [-0.2, -0.15) is 4.72 Å². The van der Waals surface area contributed by atoms with Crippen molar-refractivity contribution in [2.75, 3.05) is 12.4 Å². The molecule has 3 aromatic carbocycles. The van der Waals surface area contributed by atoms with Crippen LogP contribution in [0, 0.1) is 12.8 Å². The smallest absolute Gasteiger partial charge is 0.324 e. The van der Waals surface area contributed by atoms with E-state index in [4.69, 9.17) is 4.74 Å². The maximum absolute atomic E-state index is 13.5. The lowest BCUT2D eigenvalue weighted by molar-refractivity contribution is -0.144. The second-order valence-corrected chi connectivity index (χ2v) is 10.6. The van der Waals surface area contributed by atoms with Gasteiger partial charge in [0.2, 0.25) is 10.0 Å². The first-order valence-electron chi connectivity index (χ1n) is 11.8. The number of esters is 1. The van der Waals surface area contributed by atoms with Gasteiger partial charge in [0.25, 0.3) is 5.91 Å².